The van der Waals surface area contributed by atoms with Gasteiger partial charge in [-0.3, -0.25) is 4.68 Å². The fraction of sp³-hybridized carbons (Fsp3) is 0.630. The minimum atomic E-state index is -4.78. The summed E-state index contributed by atoms with van der Waals surface area (Å²) in [5, 5.41) is 4.16. The van der Waals surface area contributed by atoms with E-state index < -0.39 is 29.5 Å². The Morgan fingerprint density at radius 1 is 1.17 bits per heavy atom. The zero-order valence-electron chi connectivity index (χ0n) is 21.4. The number of aryl methyl sites for hydroxylation is 1. The molecule has 4 rings (SSSR count). The molecule has 1 saturated carbocycles. The monoisotopic (exact) mass is 508 g/mol. The summed E-state index contributed by atoms with van der Waals surface area (Å²) in [6, 6.07) is 5.22. The predicted molar refractivity (Wildman–Crippen MR) is 129 cm³/mol. The van der Waals surface area contributed by atoms with E-state index in [1.807, 2.05) is 6.07 Å². The van der Waals surface area contributed by atoms with E-state index >= 15 is 0 Å². The predicted octanol–water partition coefficient (Wildman–Crippen LogP) is 6.82. The van der Waals surface area contributed by atoms with Crippen molar-refractivity contribution in [1.29, 1.82) is 0 Å². The van der Waals surface area contributed by atoms with Crippen molar-refractivity contribution in [2.24, 2.45) is 0 Å². The van der Waals surface area contributed by atoms with Gasteiger partial charge < -0.3 is 14.2 Å². The Balaban J connectivity index is 1.99. The molecule has 2 aliphatic rings. The number of aromatic nitrogens is 2. The number of esters is 1. The molecule has 0 N–H and O–H groups in total. The molecule has 1 aromatic carbocycles. The van der Waals surface area contributed by atoms with Crippen LogP contribution >= 0.6 is 0 Å². The van der Waals surface area contributed by atoms with Crippen molar-refractivity contribution >= 4 is 5.97 Å². The molecule has 9 heteroatoms. The van der Waals surface area contributed by atoms with Crippen LogP contribution in [0.2, 0.25) is 0 Å². The van der Waals surface area contributed by atoms with Crippen molar-refractivity contribution in [3.63, 3.8) is 0 Å². The van der Waals surface area contributed by atoms with E-state index in [1.54, 1.807) is 39.8 Å². The SMILES string of the molecule is CCOC(=O)C(OC(C)(C)C)c1c(C(F)(F)F)nn(C2CCCCC2)c1-c1ccc2c(c1)CCCO2. The van der Waals surface area contributed by atoms with Crippen LogP contribution in [0.3, 0.4) is 0 Å². The van der Waals surface area contributed by atoms with Crippen LogP contribution in [0.1, 0.15) is 95.2 Å². The second-order valence-electron chi connectivity index (χ2n) is 10.5. The summed E-state index contributed by atoms with van der Waals surface area (Å²) in [4.78, 5) is 13.1. The number of ether oxygens (including phenoxy) is 3. The molecule has 0 radical (unpaired) electrons. The normalized spacial score (nSPS) is 17.9. The first-order valence-electron chi connectivity index (χ1n) is 12.8. The lowest BCUT2D eigenvalue weighted by atomic mass is 9.93. The summed E-state index contributed by atoms with van der Waals surface area (Å²) in [6.07, 6.45) is -0.445. The zero-order valence-corrected chi connectivity index (χ0v) is 21.4. The third-order valence-electron chi connectivity index (χ3n) is 6.55. The summed E-state index contributed by atoms with van der Waals surface area (Å²) in [7, 11) is 0. The van der Waals surface area contributed by atoms with Crippen LogP contribution in [0, 0.1) is 0 Å². The Kier molecular flexibility index (Phi) is 7.69. The summed E-state index contributed by atoms with van der Waals surface area (Å²) in [5.74, 6) is -0.122. The highest BCUT2D eigenvalue weighted by atomic mass is 19.4. The van der Waals surface area contributed by atoms with Gasteiger partial charge in [-0.2, -0.15) is 18.3 Å². The number of halogens is 3. The number of nitrogens with zero attached hydrogens (tertiary/aromatic N) is 2. The van der Waals surface area contributed by atoms with Gasteiger partial charge in [0.2, 0.25) is 0 Å². The highest BCUT2D eigenvalue weighted by Gasteiger charge is 2.46. The molecule has 1 aliphatic heterocycles. The quantitative estimate of drug-likeness (QED) is 0.401. The van der Waals surface area contributed by atoms with Gasteiger partial charge in [0, 0.05) is 5.56 Å². The Morgan fingerprint density at radius 3 is 2.53 bits per heavy atom. The Morgan fingerprint density at radius 2 is 1.89 bits per heavy atom. The number of alkyl halides is 3. The number of carbonyl (C=O) groups is 1. The lowest BCUT2D eigenvalue weighted by Crippen LogP contribution is -2.30. The topological polar surface area (TPSA) is 62.6 Å². The van der Waals surface area contributed by atoms with E-state index in [0.29, 0.717) is 12.2 Å². The van der Waals surface area contributed by atoms with Crippen LogP contribution in [-0.2, 0) is 26.9 Å². The third kappa shape index (κ3) is 5.71. The third-order valence-corrected chi connectivity index (χ3v) is 6.55. The van der Waals surface area contributed by atoms with Crippen LogP contribution in [-0.4, -0.2) is 34.6 Å². The molecule has 0 saturated heterocycles. The first-order chi connectivity index (χ1) is 17.0. The fourth-order valence-electron chi connectivity index (χ4n) is 5.09. The molecule has 1 aliphatic carbocycles. The lowest BCUT2D eigenvalue weighted by molar-refractivity contribution is -0.169. The van der Waals surface area contributed by atoms with E-state index in [-0.39, 0.29) is 23.9 Å². The van der Waals surface area contributed by atoms with E-state index in [0.717, 1.165) is 56.3 Å². The Labute approximate surface area is 210 Å². The van der Waals surface area contributed by atoms with Gasteiger partial charge in [-0.25, -0.2) is 4.79 Å². The number of rotatable bonds is 6. The molecule has 0 amide bonds. The van der Waals surface area contributed by atoms with Gasteiger partial charge in [-0.1, -0.05) is 19.3 Å². The molecular weight excluding hydrogens is 473 g/mol. The van der Waals surface area contributed by atoms with Crippen molar-refractivity contribution in [2.45, 2.75) is 96.6 Å². The molecule has 1 unspecified atom stereocenters. The summed E-state index contributed by atoms with van der Waals surface area (Å²) in [6.45, 7) is 7.36. The molecule has 1 aromatic heterocycles. The van der Waals surface area contributed by atoms with Gasteiger partial charge in [0.05, 0.1) is 36.1 Å². The second-order valence-corrected chi connectivity index (χ2v) is 10.5. The number of carbonyl (C=O) groups excluding carboxylic acids is 1. The Bertz CT molecular complexity index is 1080. The number of fused-ring (bicyclic) bond motifs is 1. The molecule has 198 valence electrons. The number of hydrogen-bond acceptors (Lipinski definition) is 5. The highest BCUT2D eigenvalue weighted by Crippen LogP contribution is 2.45. The molecule has 0 spiro atoms. The van der Waals surface area contributed by atoms with Crippen LogP contribution in [0.15, 0.2) is 18.2 Å². The van der Waals surface area contributed by atoms with Crippen LogP contribution < -0.4 is 4.74 Å². The van der Waals surface area contributed by atoms with Gasteiger partial charge in [0.15, 0.2) is 11.8 Å². The zero-order chi connectivity index (χ0) is 26.1. The smallest absolute Gasteiger partial charge is 0.435 e. The summed E-state index contributed by atoms with van der Waals surface area (Å²) >= 11 is 0. The van der Waals surface area contributed by atoms with E-state index in [9.17, 15) is 18.0 Å². The van der Waals surface area contributed by atoms with E-state index in [1.165, 1.54) is 4.68 Å². The molecule has 1 atom stereocenters. The molecule has 2 heterocycles. The van der Waals surface area contributed by atoms with Gasteiger partial charge in [0.25, 0.3) is 0 Å². The first kappa shape index (κ1) is 26.5. The lowest BCUT2D eigenvalue weighted by Gasteiger charge is -2.28. The van der Waals surface area contributed by atoms with E-state index in [2.05, 4.69) is 5.10 Å². The molecule has 0 bridgehead atoms. The average molecular weight is 509 g/mol. The molecule has 2 aromatic rings. The molecular formula is C27H35F3N2O4. The second kappa shape index (κ2) is 10.4. The van der Waals surface area contributed by atoms with Gasteiger partial charge in [-0.05, 0) is 77.1 Å². The summed E-state index contributed by atoms with van der Waals surface area (Å²) in [5.41, 5.74) is -0.523. The minimum Gasteiger partial charge on any atom is -0.493 e. The maximum absolute atomic E-state index is 14.5. The Hall–Kier alpha value is -2.55. The standard InChI is InChI=1S/C27H35F3N2O4/c1-5-34-25(33)23(36-26(2,3)4)21-22(18-13-14-20-17(16-18)10-9-15-35-20)32(19-11-7-6-8-12-19)31-24(21)27(28,29)30/h13-14,16,19,23H,5-12,15H2,1-4H3. The average Bonchev–Trinajstić information content (AvgIpc) is 3.23. The number of benzene rings is 1. The van der Waals surface area contributed by atoms with Gasteiger partial charge in [-0.15, -0.1) is 0 Å². The largest absolute Gasteiger partial charge is 0.493 e. The van der Waals surface area contributed by atoms with Crippen molar-refractivity contribution < 1.29 is 32.2 Å². The minimum absolute atomic E-state index is 0.0203. The van der Waals surface area contributed by atoms with Crippen molar-refractivity contribution in [3.8, 4) is 17.0 Å². The van der Waals surface area contributed by atoms with Crippen molar-refractivity contribution in [2.75, 3.05) is 13.2 Å². The maximum Gasteiger partial charge on any atom is 0.435 e. The van der Waals surface area contributed by atoms with Crippen LogP contribution in [0.5, 0.6) is 5.75 Å². The highest BCUT2D eigenvalue weighted by molar-refractivity contribution is 5.81. The fourth-order valence-corrected chi connectivity index (χ4v) is 5.09. The van der Waals surface area contributed by atoms with Crippen LogP contribution in [0.4, 0.5) is 13.2 Å². The first-order valence-corrected chi connectivity index (χ1v) is 12.8. The van der Waals surface area contributed by atoms with Gasteiger partial charge in [0.1, 0.15) is 5.75 Å². The van der Waals surface area contributed by atoms with Crippen molar-refractivity contribution in [1.82, 2.24) is 9.78 Å². The molecule has 36 heavy (non-hydrogen) atoms. The van der Waals surface area contributed by atoms with Crippen molar-refractivity contribution in [3.05, 3.63) is 35.0 Å². The summed E-state index contributed by atoms with van der Waals surface area (Å²) < 4.78 is 62.1. The van der Waals surface area contributed by atoms with Gasteiger partial charge >= 0.3 is 12.1 Å². The maximum atomic E-state index is 14.5. The number of hydrogen-bond donors (Lipinski definition) is 0. The van der Waals surface area contributed by atoms with Crippen LogP contribution in [0.25, 0.3) is 11.3 Å². The molecule has 1 fully saturated rings. The van der Waals surface area contributed by atoms with E-state index in [4.69, 9.17) is 14.2 Å². The molecule has 6 nitrogen and oxygen atoms in total.